The minimum Gasteiger partial charge on any atom is -0.497 e. The van der Waals surface area contributed by atoms with Crippen LogP contribution >= 0.6 is 0 Å². The minimum absolute atomic E-state index is 0.149. The van der Waals surface area contributed by atoms with E-state index in [4.69, 9.17) is 4.74 Å². The van der Waals surface area contributed by atoms with Crippen molar-refractivity contribution in [2.75, 3.05) is 7.11 Å². The summed E-state index contributed by atoms with van der Waals surface area (Å²) < 4.78 is 42.6. The summed E-state index contributed by atoms with van der Waals surface area (Å²) in [6, 6.07) is 11.4. The van der Waals surface area contributed by atoms with E-state index in [-0.39, 0.29) is 5.69 Å². The SMILES string of the molecule is COc1ccc(N=Nc2cccc(C(F)(F)F)c2)cc1. The molecule has 0 aliphatic carbocycles. The molecule has 0 saturated carbocycles. The largest absolute Gasteiger partial charge is 0.497 e. The van der Waals surface area contributed by atoms with Gasteiger partial charge in [-0.15, -0.1) is 0 Å². The number of alkyl halides is 3. The van der Waals surface area contributed by atoms with E-state index in [1.54, 1.807) is 31.4 Å². The average Bonchev–Trinajstić information content (AvgIpc) is 2.45. The minimum atomic E-state index is -4.38. The Morgan fingerprint density at radius 1 is 0.900 bits per heavy atom. The Bertz CT molecular complexity index is 607. The summed E-state index contributed by atoms with van der Waals surface area (Å²) in [7, 11) is 1.54. The van der Waals surface area contributed by atoms with E-state index in [9.17, 15) is 13.2 Å². The molecule has 0 spiro atoms. The number of hydrogen-bond donors (Lipinski definition) is 0. The molecule has 2 aromatic carbocycles. The molecule has 2 rings (SSSR count). The fourth-order valence-corrected chi connectivity index (χ4v) is 1.51. The van der Waals surface area contributed by atoms with Crippen molar-refractivity contribution in [3.8, 4) is 5.75 Å². The predicted molar refractivity (Wildman–Crippen MR) is 68.6 cm³/mol. The molecule has 0 aliphatic rings. The highest BCUT2D eigenvalue weighted by atomic mass is 19.4. The van der Waals surface area contributed by atoms with Gasteiger partial charge >= 0.3 is 6.18 Å². The highest BCUT2D eigenvalue weighted by Crippen LogP contribution is 2.31. The molecular formula is C14H11F3N2O. The van der Waals surface area contributed by atoms with Crippen LogP contribution in [0.4, 0.5) is 24.5 Å². The third-order valence-corrected chi connectivity index (χ3v) is 2.53. The molecule has 0 unspecified atom stereocenters. The first-order chi connectivity index (χ1) is 9.49. The lowest BCUT2D eigenvalue weighted by molar-refractivity contribution is -0.137. The topological polar surface area (TPSA) is 34.0 Å². The van der Waals surface area contributed by atoms with Gasteiger partial charge in [-0.05, 0) is 42.5 Å². The number of nitrogens with zero attached hydrogens (tertiary/aromatic N) is 2. The molecule has 0 fully saturated rings. The number of hydrogen-bond acceptors (Lipinski definition) is 3. The zero-order valence-electron chi connectivity index (χ0n) is 10.6. The third kappa shape index (κ3) is 3.57. The van der Waals surface area contributed by atoms with Gasteiger partial charge in [0.2, 0.25) is 0 Å². The van der Waals surface area contributed by atoms with Crippen LogP contribution in [0.1, 0.15) is 5.56 Å². The summed E-state index contributed by atoms with van der Waals surface area (Å²) in [5, 5.41) is 7.67. The summed E-state index contributed by atoms with van der Waals surface area (Å²) in [6.45, 7) is 0. The van der Waals surface area contributed by atoms with Crippen LogP contribution in [-0.2, 0) is 6.18 Å². The van der Waals surface area contributed by atoms with Gasteiger partial charge in [-0.3, -0.25) is 0 Å². The van der Waals surface area contributed by atoms with Crippen molar-refractivity contribution < 1.29 is 17.9 Å². The Kier molecular flexibility index (Phi) is 4.02. The summed E-state index contributed by atoms with van der Waals surface area (Å²) >= 11 is 0. The average molecular weight is 280 g/mol. The molecule has 6 heteroatoms. The summed E-state index contributed by atoms with van der Waals surface area (Å²) in [5.74, 6) is 0.669. The monoisotopic (exact) mass is 280 g/mol. The fraction of sp³-hybridized carbons (Fsp3) is 0.143. The van der Waals surface area contributed by atoms with Crippen molar-refractivity contribution in [2.45, 2.75) is 6.18 Å². The van der Waals surface area contributed by atoms with Crippen LogP contribution in [0.5, 0.6) is 5.75 Å². The number of benzene rings is 2. The first-order valence-corrected chi connectivity index (χ1v) is 5.72. The zero-order valence-corrected chi connectivity index (χ0v) is 10.6. The van der Waals surface area contributed by atoms with E-state index >= 15 is 0 Å². The Hall–Kier alpha value is -2.37. The summed E-state index contributed by atoms with van der Waals surface area (Å²) in [5.41, 5.74) is -0.0671. The Labute approximate surface area is 113 Å². The van der Waals surface area contributed by atoms with Crippen molar-refractivity contribution in [1.82, 2.24) is 0 Å². The first kappa shape index (κ1) is 14.0. The standard InChI is InChI=1S/C14H11F3N2O/c1-20-13-7-5-11(6-8-13)18-19-12-4-2-3-10(9-12)14(15,16)17/h2-9H,1H3. The van der Waals surface area contributed by atoms with Gasteiger partial charge in [0.1, 0.15) is 5.75 Å². The van der Waals surface area contributed by atoms with E-state index in [2.05, 4.69) is 10.2 Å². The van der Waals surface area contributed by atoms with Crippen molar-refractivity contribution in [1.29, 1.82) is 0 Å². The molecular weight excluding hydrogens is 269 g/mol. The normalized spacial score (nSPS) is 11.8. The molecule has 0 heterocycles. The summed E-state index contributed by atoms with van der Waals surface area (Å²) in [4.78, 5) is 0. The van der Waals surface area contributed by atoms with Crippen LogP contribution in [0, 0.1) is 0 Å². The van der Waals surface area contributed by atoms with Crippen LogP contribution in [0.2, 0.25) is 0 Å². The lowest BCUT2D eigenvalue weighted by atomic mass is 10.2. The second-order valence-corrected chi connectivity index (χ2v) is 3.95. The molecule has 0 amide bonds. The molecule has 2 aromatic rings. The molecule has 0 N–H and O–H groups in total. The number of rotatable bonds is 3. The Morgan fingerprint density at radius 3 is 2.15 bits per heavy atom. The van der Waals surface area contributed by atoms with Gasteiger partial charge in [0.15, 0.2) is 0 Å². The lowest BCUT2D eigenvalue weighted by Gasteiger charge is -2.05. The maximum absolute atomic E-state index is 12.5. The Balaban J connectivity index is 2.18. The molecule has 0 saturated heterocycles. The smallest absolute Gasteiger partial charge is 0.416 e. The second-order valence-electron chi connectivity index (χ2n) is 3.95. The van der Waals surface area contributed by atoms with Crippen LogP contribution < -0.4 is 4.74 Å². The van der Waals surface area contributed by atoms with Crippen LogP contribution in [-0.4, -0.2) is 7.11 Å². The van der Waals surface area contributed by atoms with Gasteiger partial charge in [0.05, 0.1) is 24.0 Å². The quantitative estimate of drug-likeness (QED) is 0.717. The van der Waals surface area contributed by atoms with Crippen LogP contribution in [0.25, 0.3) is 0 Å². The Morgan fingerprint density at radius 2 is 1.55 bits per heavy atom. The lowest BCUT2D eigenvalue weighted by Crippen LogP contribution is -2.03. The van der Waals surface area contributed by atoms with Crippen molar-refractivity contribution in [2.24, 2.45) is 10.2 Å². The number of methoxy groups -OCH3 is 1. The molecule has 3 nitrogen and oxygen atoms in total. The molecule has 0 aliphatic heterocycles. The number of ether oxygens (including phenoxy) is 1. The van der Waals surface area contributed by atoms with Gasteiger partial charge in [-0.2, -0.15) is 23.4 Å². The van der Waals surface area contributed by atoms with E-state index in [0.717, 1.165) is 12.1 Å². The third-order valence-electron chi connectivity index (χ3n) is 2.53. The van der Waals surface area contributed by atoms with E-state index in [0.29, 0.717) is 11.4 Å². The molecule has 0 atom stereocenters. The zero-order chi connectivity index (χ0) is 14.6. The predicted octanol–water partition coefficient (Wildman–Crippen LogP) is 5.13. The van der Waals surface area contributed by atoms with E-state index in [1.807, 2.05) is 0 Å². The van der Waals surface area contributed by atoms with Gasteiger partial charge < -0.3 is 4.74 Å². The van der Waals surface area contributed by atoms with Gasteiger partial charge in [0, 0.05) is 0 Å². The molecule has 20 heavy (non-hydrogen) atoms. The maximum atomic E-state index is 12.5. The maximum Gasteiger partial charge on any atom is 0.416 e. The van der Waals surface area contributed by atoms with E-state index < -0.39 is 11.7 Å². The molecule has 104 valence electrons. The van der Waals surface area contributed by atoms with Crippen molar-refractivity contribution in [3.63, 3.8) is 0 Å². The van der Waals surface area contributed by atoms with E-state index in [1.165, 1.54) is 12.1 Å². The highest BCUT2D eigenvalue weighted by Gasteiger charge is 2.30. The molecule has 0 bridgehead atoms. The van der Waals surface area contributed by atoms with Crippen molar-refractivity contribution >= 4 is 11.4 Å². The van der Waals surface area contributed by atoms with Crippen LogP contribution in [0.3, 0.4) is 0 Å². The second kappa shape index (κ2) is 5.73. The first-order valence-electron chi connectivity index (χ1n) is 5.72. The molecule has 0 radical (unpaired) electrons. The van der Waals surface area contributed by atoms with Crippen LogP contribution in [0.15, 0.2) is 58.8 Å². The number of azo groups is 1. The van der Waals surface area contributed by atoms with Gasteiger partial charge in [-0.25, -0.2) is 0 Å². The summed E-state index contributed by atoms with van der Waals surface area (Å²) in [6.07, 6.45) is -4.38. The van der Waals surface area contributed by atoms with Crippen molar-refractivity contribution in [3.05, 3.63) is 54.1 Å². The fourth-order valence-electron chi connectivity index (χ4n) is 1.51. The van der Waals surface area contributed by atoms with Gasteiger partial charge in [-0.1, -0.05) is 6.07 Å². The number of halogens is 3. The molecule has 0 aromatic heterocycles. The van der Waals surface area contributed by atoms with Gasteiger partial charge in [0.25, 0.3) is 0 Å². The highest BCUT2D eigenvalue weighted by molar-refractivity contribution is 5.44.